The molecular formula is C16H19N3O2. The van der Waals surface area contributed by atoms with Gasteiger partial charge in [0.2, 0.25) is 0 Å². The fraction of sp³-hybridized carbons (Fsp3) is 0.250. The number of benzene rings is 1. The van der Waals surface area contributed by atoms with Crippen molar-refractivity contribution in [2.24, 2.45) is 5.73 Å². The number of hydrogen-bond donors (Lipinski definition) is 2. The molecule has 1 amide bonds. The zero-order valence-corrected chi connectivity index (χ0v) is 12.0. The van der Waals surface area contributed by atoms with E-state index < -0.39 is 0 Å². The number of nitrogens with one attached hydrogen (secondary N) is 1. The number of amides is 1. The first-order chi connectivity index (χ1) is 10.1. The third-order valence-corrected chi connectivity index (χ3v) is 3.23. The van der Waals surface area contributed by atoms with Crippen molar-refractivity contribution in [1.82, 2.24) is 4.98 Å². The van der Waals surface area contributed by atoms with Crippen LogP contribution in [0.15, 0.2) is 47.5 Å². The summed E-state index contributed by atoms with van der Waals surface area (Å²) in [4.78, 5) is 28.8. The molecule has 2 rings (SSSR count). The molecule has 1 aromatic carbocycles. The number of nitrogens with zero attached hydrogens (tertiary/aromatic N) is 1. The van der Waals surface area contributed by atoms with Crippen molar-refractivity contribution in [3.63, 3.8) is 0 Å². The largest absolute Gasteiger partial charge is 0.367 e. The Morgan fingerprint density at radius 1 is 1.24 bits per heavy atom. The van der Waals surface area contributed by atoms with Gasteiger partial charge in [0, 0.05) is 30.7 Å². The summed E-state index contributed by atoms with van der Waals surface area (Å²) in [5, 5.41) is 0. The van der Waals surface area contributed by atoms with Crippen molar-refractivity contribution in [2.45, 2.75) is 13.3 Å². The number of aromatic amines is 1. The molecule has 21 heavy (non-hydrogen) atoms. The van der Waals surface area contributed by atoms with E-state index in [2.05, 4.69) is 4.98 Å². The first-order valence-electron chi connectivity index (χ1n) is 6.89. The third kappa shape index (κ3) is 3.58. The van der Waals surface area contributed by atoms with Crippen LogP contribution >= 0.6 is 0 Å². The molecule has 0 aliphatic carbocycles. The molecule has 5 nitrogen and oxygen atoms in total. The maximum Gasteiger partial charge on any atom is 0.263 e. The molecule has 1 aromatic heterocycles. The topological polar surface area (TPSA) is 79.2 Å². The van der Waals surface area contributed by atoms with Crippen LogP contribution in [0.5, 0.6) is 0 Å². The quantitative estimate of drug-likeness (QED) is 0.877. The number of hydrogen-bond acceptors (Lipinski definition) is 3. The van der Waals surface area contributed by atoms with E-state index in [1.165, 1.54) is 18.5 Å². The van der Waals surface area contributed by atoms with E-state index in [9.17, 15) is 9.59 Å². The van der Waals surface area contributed by atoms with E-state index in [0.717, 1.165) is 11.3 Å². The lowest BCUT2D eigenvalue weighted by atomic mass is 10.1. The summed E-state index contributed by atoms with van der Waals surface area (Å²) in [6, 6.07) is 8.98. The summed E-state index contributed by atoms with van der Waals surface area (Å²) < 4.78 is 0. The molecule has 0 saturated heterocycles. The summed E-state index contributed by atoms with van der Waals surface area (Å²) in [6.45, 7) is 2.95. The number of carbonyl (C=O) groups is 1. The second kappa shape index (κ2) is 6.85. The molecule has 0 fully saturated rings. The van der Waals surface area contributed by atoms with Gasteiger partial charge in [-0.05, 0) is 32.0 Å². The highest BCUT2D eigenvalue weighted by molar-refractivity contribution is 6.05. The van der Waals surface area contributed by atoms with Crippen molar-refractivity contribution in [3.8, 4) is 0 Å². The van der Waals surface area contributed by atoms with Crippen LogP contribution in [0, 0.1) is 6.92 Å². The van der Waals surface area contributed by atoms with Crippen molar-refractivity contribution >= 4 is 11.6 Å². The number of aromatic nitrogens is 1. The summed E-state index contributed by atoms with van der Waals surface area (Å²) in [6.07, 6.45) is 3.62. The van der Waals surface area contributed by atoms with Gasteiger partial charge in [-0.2, -0.15) is 0 Å². The SMILES string of the molecule is Cc1ccc(N(CCCN)C(=O)c2c[nH]ccc2=O)cc1. The Morgan fingerprint density at radius 3 is 2.57 bits per heavy atom. The van der Waals surface area contributed by atoms with Crippen molar-refractivity contribution in [2.75, 3.05) is 18.0 Å². The molecule has 0 spiro atoms. The maximum absolute atomic E-state index is 12.6. The van der Waals surface area contributed by atoms with Gasteiger partial charge in [-0.25, -0.2) is 0 Å². The average Bonchev–Trinajstić information content (AvgIpc) is 2.49. The molecule has 0 aliphatic rings. The van der Waals surface area contributed by atoms with Crippen molar-refractivity contribution in [1.29, 1.82) is 0 Å². The van der Waals surface area contributed by atoms with Gasteiger partial charge in [0.25, 0.3) is 5.91 Å². The highest BCUT2D eigenvalue weighted by Gasteiger charge is 2.19. The van der Waals surface area contributed by atoms with Gasteiger partial charge < -0.3 is 15.6 Å². The van der Waals surface area contributed by atoms with Crippen LogP contribution in [0.25, 0.3) is 0 Å². The predicted molar refractivity (Wildman–Crippen MR) is 83.6 cm³/mol. The Balaban J connectivity index is 2.36. The Hall–Kier alpha value is -2.40. The summed E-state index contributed by atoms with van der Waals surface area (Å²) in [7, 11) is 0. The summed E-state index contributed by atoms with van der Waals surface area (Å²) in [5.74, 6) is -0.311. The molecule has 2 aromatic rings. The smallest absolute Gasteiger partial charge is 0.263 e. The minimum Gasteiger partial charge on any atom is -0.367 e. The third-order valence-electron chi connectivity index (χ3n) is 3.23. The predicted octanol–water partition coefficient (Wildman–Crippen LogP) is 1.68. The Kier molecular flexibility index (Phi) is 4.90. The van der Waals surface area contributed by atoms with Gasteiger partial charge in [0.1, 0.15) is 5.56 Å². The van der Waals surface area contributed by atoms with Gasteiger partial charge in [0.05, 0.1) is 0 Å². The lowest BCUT2D eigenvalue weighted by molar-refractivity contribution is 0.0985. The van der Waals surface area contributed by atoms with Gasteiger partial charge in [-0.1, -0.05) is 17.7 Å². The minimum absolute atomic E-state index is 0.134. The van der Waals surface area contributed by atoms with Crippen LogP contribution < -0.4 is 16.1 Å². The molecule has 3 N–H and O–H groups in total. The fourth-order valence-corrected chi connectivity index (χ4v) is 2.05. The van der Waals surface area contributed by atoms with E-state index in [1.807, 2.05) is 31.2 Å². The number of rotatable bonds is 5. The summed E-state index contributed by atoms with van der Waals surface area (Å²) in [5.41, 5.74) is 7.27. The Bertz CT molecular complexity index is 662. The van der Waals surface area contributed by atoms with Crippen LogP contribution in [0.1, 0.15) is 22.3 Å². The molecule has 0 radical (unpaired) electrons. The van der Waals surface area contributed by atoms with Crippen LogP contribution in [-0.4, -0.2) is 24.0 Å². The summed E-state index contributed by atoms with van der Waals surface area (Å²) >= 11 is 0. The lowest BCUT2D eigenvalue weighted by Gasteiger charge is -2.22. The van der Waals surface area contributed by atoms with Crippen LogP contribution in [0.2, 0.25) is 0 Å². The number of aryl methyl sites for hydroxylation is 1. The zero-order chi connectivity index (χ0) is 15.2. The van der Waals surface area contributed by atoms with Gasteiger partial charge in [-0.15, -0.1) is 0 Å². The minimum atomic E-state index is -0.311. The Labute approximate surface area is 123 Å². The highest BCUT2D eigenvalue weighted by Crippen LogP contribution is 2.17. The normalized spacial score (nSPS) is 10.4. The number of H-pyrrole nitrogens is 1. The van der Waals surface area contributed by atoms with E-state index in [4.69, 9.17) is 5.73 Å². The molecule has 5 heteroatoms. The molecular weight excluding hydrogens is 266 g/mol. The maximum atomic E-state index is 12.6. The van der Waals surface area contributed by atoms with Gasteiger partial charge in [-0.3, -0.25) is 9.59 Å². The fourth-order valence-electron chi connectivity index (χ4n) is 2.05. The molecule has 0 atom stereocenters. The van der Waals surface area contributed by atoms with E-state index in [-0.39, 0.29) is 16.9 Å². The van der Waals surface area contributed by atoms with Crippen LogP contribution in [0.3, 0.4) is 0 Å². The van der Waals surface area contributed by atoms with E-state index in [0.29, 0.717) is 19.5 Å². The van der Waals surface area contributed by atoms with Gasteiger partial charge in [0.15, 0.2) is 5.43 Å². The molecule has 0 saturated carbocycles. The number of pyridine rings is 1. The second-order valence-corrected chi connectivity index (χ2v) is 4.86. The number of carbonyl (C=O) groups excluding carboxylic acids is 1. The molecule has 0 unspecified atom stereocenters. The van der Waals surface area contributed by atoms with Crippen molar-refractivity contribution in [3.05, 3.63) is 64.1 Å². The molecule has 0 bridgehead atoms. The number of anilines is 1. The molecule has 1 heterocycles. The molecule has 110 valence electrons. The number of nitrogens with two attached hydrogens (primary N) is 1. The van der Waals surface area contributed by atoms with E-state index in [1.54, 1.807) is 4.90 Å². The van der Waals surface area contributed by atoms with Crippen LogP contribution in [-0.2, 0) is 0 Å². The zero-order valence-electron chi connectivity index (χ0n) is 12.0. The standard InChI is InChI=1S/C16H19N3O2/c1-12-3-5-13(6-4-12)19(10-2-8-17)16(21)14-11-18-9-7-15(14)20/h3-7,9,11H,2,8,10,17H2,1H3,(H,18,20). The van der Waals surface area contributed by atoms with E-state index >= 15 is 0 Å². The first kappa shape index (κ1) is 15.0. The molecule has 0 aliphatic heterocycles. The average molecular weight is 285 g/mol. The second-order valence-electron chi connectivity index (χ2n) is 4.86. The lowest BCUT2D eigenvalue weighted by Crippen LogP contribution is -2.35. The first-order valence-corrected chi connectivity index (χ1v) is 6.89. The monoisotopic (exact) mass is 285 g/mol. The highest BCUT2D eigenvalue weighted by atomic mass is 16.2. The Morgan fingerprint density at radius 2 is 1.95 bits per heavy atom. The van der Waals surface area contributed by atoms with Crippen LogP contribution in [0.4, 0.5) is 5.69 Å². The van der Waals surface area contributed by atoms with Gasteiger partial charge >= 0.3 is 0 Å². The van der Waals surface area contributed by atoms with Crippen molar-refractivity contribution < 1.29 is 4.79 Å².